The van der Waals surface area contributed by atoms with E-state index in [4.69, 9.17) is 4.52 Å². The van der Waals surface area contributed by atoms with Gasteiger partial charge in [0, 0.05) is 17.5 Å². The minimum absolute atomic E-state index is 0.0342. The molecule has 1 N–H and O–H groups in total. The van der Waals surface area contributed by atoms with E-state index in [9.17, 15) is 9.59 Å². The fourth-order valence-corrected chi connectivity index (χ4v) is 2.93. The van der Waals surface area contributed by atoms with Crippen molar-refractivity contribution in [2.24, 2.45) is 11.3 Å². The third-order valence-corrected chi connectivity index (χ3v) is 4.90. The molecule has 0 radical (unpaired) electrons. The molecule has 1 heterocycles. The van der Waals surface area contributed by atoms with Crippen molar-refractivity contribution in [3.05, 3.63) is 17.5 Å². The Morgan fingerprint density at radius 2 is 2.09 bits per heavy atom. The molecule has 1 aliphatic carbocycles. The number of aromatic nitrogens is 1. The number of nitrogens with zero attached hydrogens (tertiary/aromatic N) is 1. The number of hydrogen-bond acceptors (Lipinski definition) is 5. The second-order valence-electron chi connectivity index (χ2n) is 7.91. The van der Waals surface area contributed by atoms with Gasteiger partial charge in [0.1, 0.15) is 5.76 Å². The molecular weight excluding hydrogens is 296 g/mol. The zero-order valence-corrected chi connectivity index (χ0v) is 14.7. The molecule has 23 heavy (non-hydrogen) atoms. The third kappa shape index (κ3) is 3.57. The highest BCUT2D eigenvalue weighted by Gasteiger charge is 2.49. The first-order chi connectivity index (χ1) is 10.6. The van der Waals surface area contributed by atoms with Crippen molar-refractivity contribution < 1.29 is 18.8 Å². The quantitative estimate of drug-likeness (QED) is 0.681. The van der Waals surface area contributed by atoms with Crippen molar-refractivity contribution >= 4 is 11.9 Å². The highest BCUT2D eigenvalue weighted by molar-refractivity contribution is 6.32. The zero-order chi connectivity index (χ0) is 17.4. The number of esters is 1. The predicted octanol–water partition coefficient (Wildman–Crippen LogP) is 2.22. The summed E-state index contributed by atoms with van der Waals surface area (Å²) >= 11 is 0. The Bertz CT molecular complexity index is 598. The Hall–Kier alpha value is -1.85. The van der Waals surface area contributed by atoms with Crippen LogP contribution in [-0.2, 0) is 26.2 Å². The molecule has 0 spiro atoms. The van der Waals surface area contributed by atoms with Gasteiger partial charge in [-0.25, -0.2) is 4.79 Å². The molecule has 0 aromatic carbocycles. The predicted molar refractivity (Wildman–Crippen MR) is 84.7 cm³/mol. The standard InChI is InChI=1S/C17H26N2O4/c1-16(2,3)13-9-11(19-23-13)7-10-8-12(17(10,4)5)18-14(20)15(21)22-6/h9-10,12H,7-8H2,1-6H3,(H,18,20)/t10-,12+/m1/s1. The van der Waals surface area contributed by atoms with Gasteiger partial charge in [-0.15, -0.1) is 0 Å². The Morgan fingerprint density at radius 1 is 1.43 bits per heavy atom. The lowest BCUT2D eigenvalue weighted by atomic mass is 9.57. The lowest BCUT2D eigenvalue weighted by Gasteiger charge is -2.52. The van der Waals surface area contributed by atoms with Gasteiger partial charge in [-0.1, -0.05) is 39.8 Å². The van der Waals surface area contributed by atoms with E-state index in [-0.39, 0.29) is 16.9 Å². The summed E-state index contributed by atoms with van der Waals surface area (Å²) in [6.45, 7) is 10.4. The van der Waals surface area contributed by atoms with Gasteiger partial charge in [-0.05, 0) is 24.2 Å². The zero-order valence-electron chi connectivity index (χ0n) is 14.7. The number of ether oxygens (including phenoxy) is 1. The summed E-state index contributed by atoms with van der Waals surface area (Å²) < 4.78 is 9.86. The van der Waals surface area contributed by atoms with E-state index in [1.165, 1.54) is 7.11 Å². The average molecular weight is 322 g/mol. The van der Waals surface area contributed by atoms with Gasteiger partial charge in [-0.3, -0.25) is 4.79 Å². The molecular formula is C17H26N2O4. The number of amides is 1. The number of carbonyl (C=O) groups excluding carboxylic acids is 2. The molecule has 1 saturated carbocycles. The van der Waals surface area contributed by atoms with Crippen LogP contribution >= 0.6 is 0 Å². The lowest BCUT2D eigenvalue weighted by Crippen LogP contribution is -2.59. The summed E-state index contributed by atoms with van der Waals surface area (Å²) in [7, 11) is 1.20. The van der Waals surface area contributed by atoms with E-state index in [1.54, 1.807) is 0 Å². The van der Waals surface area contributed by atoms with Crippen LogP contribution in [0.2, 0.25) is 0 Å². The molecule has 2 atom stereocenters. The lowest BCUT2D eigenvalue weighted by molar-refractivity contribution is -0.154. The average Bonchev–Trinajstić information content (AvgIpc) is 2.93. The first kappa shape index (κ1) is 17.5. The van der Waals surface area contributed by atoms with Crippen molar-refractivity contribution in [2.75, 3.05) is 7.11 Å². The van der Waals surface area contributed by atoms with Crippen molar-refractivity contribution in [3.8, 4) is 0 Å². The highest BCUT2D eigenvalue weighted by atomic mass is 16.5. The van der Waals surface area contributed by atoms with E-state index < -0.39 is 11.9 Å². The van der Waals surface area contributed by atoms with Crippen LogP contribution in [0, 0.1) is 11.3 Å². The summed E-state index contributed by atoms with van der Waals surface area (Å²) in [5.74, 6) is -0.278. The van der Waals surface area contributed by atoms with Crippen LogP contribution in [-0.4, -0.2) is 30.2 Å². The van der Waals surface area contributed by atoms with Crippen LogP contribution in [0.4, 0.5) is 0 Å². The Labute approximate surface area is 136 Å². The first-order valence-electron chi connectivity index (χ1n) is 7.90. The Morgan fingerprint density at radius 3 is 2.57 bits per heavy atom. The Kier molecular flexibility index (Phi) is 4.55. The molecule has 0 saturated heterocycles. The van der Waals surface area contributed by atoms with Crippen LogP contribution in [0.25, 0.3) is 0 Å². The summed E-state index contributed by atoms with van der Waals surface area (Å²) in [4.78, 5) is 22.8. The van der Waals surface area contributed by atoms with Gasteiger partial charge in [0.15, 0.2) is 0 Å². The van der Waals surface area contributed by atoms with Crippen molar-refractivity contribution in [1.82, 2.24) is 10.5 Å². The number of methoxy groups -OCH3 is 1. The van der Waals surface area contributed by atoms with Crippen LogP contribution < -0.4 is 5.32 Å². The molecule has 1 fully saturated rings. The minimum atomic E-state index is -0.851. The van der Waals surface area contributed by atoms with Crippen LogP contribution in [0.1, 0.15) is 52.5 Å². The number of hydrogen-bond donors (Lipinski definition) is 1. The number of carbonyl (C=O) groups is 2. The second kappa shape index (κ2) is 5.98. The van der Waals surface area contributed by atoms with E-state index >= 15 is 0 Å². The fraction of sp³-hybridized carbons (Fsp3) is 0.706. The smallest absolute Gasteiger partial charge is 0.396 e. The fourth-order valence-electron chi connectivity index (χ4n) is 2.93. The van der Waals surface area contributed by atoms with E-state index in [0.717, 1.165) is 24.3 Å². The number of nitrogens with one attached hydrogen (secondary N) is 1. The molecule has 1 aromatic heterocycles. The molecule has 6 nitrogen and oxygen atoms in total. The number of rotatable bonds is 3. The summed E-state index contributed by atoms with van der Waals surface area (Å²) in [5.41, 5.74) is 0.771. The molecule has 1 aliphatic rings. The van der Waals surface area contributed by atoms with Gasteiger partial charge in [0.05, 0.1) is 12.8 Å². The monoisotopic (exact) mass is 322 g/mol. The molecule has 0 aliphatic heterocycles. The van der Waals surface area contributed by atoms with Crippen molar-refractivity contribution in [3.63, 3.8) is 0 Å². The van der Waals surface area contributed by atoms with E-state index in [2.05, 4.69) is 49.8 Å². The maximum absolute atomic E-state index is 11.6. The van der Waals surface area contributed by atoms with E-state index in [1.807, 2.05) is 6.07 Å². The van der Waals surface area contributed by atoms with Crippen molar-refractivity contribution in [1.29, 1.82) is 0 Å². The minimum Gasteiger partial charge on any atom is -0.462 e. The van der Waals surface area contributed by atoms with Crippen LogP contribution in [0.5, 0.6) is 0 Å². The molecule has 128 valence electrons. The summed E-state index contributed by atoms with van der Waals surface area (Å²) in [5, 5.41) is 6.91. The first-order valence-corrected chi connectivity index (χ1v) is 7.90. The van der Waals surface area contributed by atoms with E-state index in [0.29, 0.717) is 5.92 Å². The van der Waals surface area contributed by atoms with Gasteiger partial charge in [0.2, 0.25) is 0 Å². The molecule has 0 bridgehead atoms. The maximum atomic E-state index is 11.6. The summed E-state index contributed by atoms with van der Waals surface area (Å²) in [6, 6.07) is 1.98. The largest absolute Gasteiger partial charge is 0.462 e. The topological polar surface area (TPSA) is 81.4 Å². The maximum Gasteiger partial charge on any atom is 0.396 e. The molecule has 1 aromatic rings. The summed E-state index contributed by atoms with van der Waals surface area (Å²) in [6.07, 6.45) is 1.62. The molecule has 2 rings (SSSR count). The third-order valence-electron chi connectivity index (χ3n) is 4.90. The Balaban J connectivity index is 1.95. The van der Waals surface area contributed by atoms with Gasteiger partial charge < -0.3 is 14.6 Å². The van der Waals surface area contributed by atoms with Crippen LogP contribution in [0.3, 0.4) is 0 Å². The molecule has 0 unspecified atom stereocenters. The van der Waals surface area contributed by atoms with Gasteiger partial charge in [-0.2, -0.15) is 0 Å². The van der Waals surface area contributed by atoms with Crippen LogP contribution in [0.15, 0.2) is 10.6 Å². The normalized spacial score (nSPS) is 23.0. The molecule has 6 heteroatoms. The van der Waals surface area contributed by atoms with Gasteiger partial charge >= 0.3 is 11.9 Å². The second-order valence-corrected chi connectivity index (χ2v) is 7.91. The molecule has 1 amide bonds. The van der Waals surface area contributed by atoms with Gasteiger partial charge in [0.25, 0.3) is 0 Å². The SMILES string of the molecule is COC(=O)C(=O)N[C@H]1C[C@@H](Cc2cc(C(C)(C)C)on2)C1(C)C. The van der Waals surface area contributed by atoms with Crippen molar-refractivity contribution in [2.45, 2.75) is 58.9 Å². The highest BCUT2D eigenvalue weighted by Crippen LogP contribution is 2.47.